The number of hydrogen-bond donors (Lipinski definition) is 0. The third-order valence-corrected chi connectivity index (χ3v) is 3.57. The Hall–Kier alpha value is -1.84. The van der Waals surface area contributed by atoms with E-state index in [0.29, 0.717) is 25.1 Å². The summed E-state index contributed by atoms with van der Waals surface area (Å²) in [5, 5.41) is 0. The second-order valence-electron chi connectivity index (χ2n) is 6.42. The number of rotatable bonds is 3. The molecule has 0 saturated carbocycles. The lowest BCUT2D eigenvalue weighted by molar-refractivity contribution is -0.155. The molecule has 1 atom stereocenters. The maximum atomic E-state index is 12.3. The zero-order valence-electron chi connectivity index (χ0n) is 13.2. The number of fused-ring (bicyclic) bond motifs is 1. The summed E-state index contributed by atoms with van der Waals surface area (Å²) in [4.78, 5) is 26.2. The first-order chi connectivity index (χ1) is 9.81. The molecule has 1 amide bonds. The Labute approximate surface area is 126 Å². The van der Waals surface area contributed by atoms with Crippen LogP contribution in [0.15, 0.2) is 24.3 Å². The van der Waals surface area contributed by atoms with Gasteiger partial charge < -0.3 is 9.64 Å². The summed E-state index contributed by atoms with van der Waals surface area (Å²) in [6.45, 7) is 8.77. The van der Waals surface area contributed by atoms with E-state index in [0.717, 1.165) is 5.56 Å². The Balaban J connectivity index is 2.22. The van der Waals surface area contributed by atoms with Gasteiger partial charge in [0.2, 0.25) is 0 Å². The van der Waals surface area contributed by atoms with Gasteiger partial charge in [0.1, 0.15) is 5.60 Å². The smallest absolute Gasteiger partial charge is 0.306 e. The molecule has 0 bridgehead atoms. The average molecular weight is 289 g/mol. The lowest BCUT2D eigenvalue weighted by atomic mass is 9.87. The van der Waals surface area contributed by atoms with E-state index in [1.54, 1.807) is 4.90 Å². The maximum absolute atomic E-state index is 12.3. The van der Waals surface area contributed by atoms with Crippen LogP contribution in [-0.4, -0.2) is 35.5 Å². The summed E-state index contributed by atoms with van der Waals surface area (Å²) in [6.07, 6.45) is 0.304. The fourth-order valence-electron chi connectivity index (χ4n) is 2.70. The molecular weight excluding hydrogens is 266 g/mol. The van der Waals surface area contributed by atoms with Crippen molar-refractivity contribution in [3.8, 4) is 0 Å². The van der Waals surface area contributed by atoms with Gasteiger partial charge in [-0.2, -0.15) is 0 Å². The minimum absolute atomic E-state index is 0.00806. The summed E-state index contributed by atoms with van der Waals surface area (Å²) in [6, 6.07) is 7.55. The third kappa shape index (κ3) is 3.63. The van der Waals surface area contributed by atoms with Gasteiger partial charge in [0.15, 0.2) is 0 Å². The van der Waals surface area contributed by atoms with E-state index in [1.807, 2.05) is 52.0 Å². The van der Waals surface area contributed by atoms with Crippen LogP contribution < -0.4 is 0 Å². The largest absolute Gasteiger partial charge is 0.460 e. The average Bonchev–Trinajstić information content (AvgIpc) is 2.40. The molecule has 0 aromatic heterocycles. The Morgan fingerprint density at radius 2 is 2.00 bits per heavy atom. The molecule has 1 aliphatic rings. The van der Waals surface area contributed by atoms with Gasteiger partial charge in [0.05, 0.1) is 6.42 Å². The molecule has 0 aliphatic carbocycles. The number of nitrogens with zero attached hydrogens (tertiary/aromatic N) is 1. The van der Waals surface area contributed by atoms with Crippen molar-refractivity contribution in [2.45, 2.75) is 45.6 Å². The van der Waals surface area contributed by atoms with Crippen molar-refractivity contribution in [3.63, 3.8) is 0 Å². The molecule has 1 heterocycles. The Morgan fingerprint density at radius 3 is 2.62 bits per heavy atom. The van der Waals surface area contributed by atoms with Crippen molar-refractivity contribution in [2.24, 2.45) is 0 Å². The summed E-state index contributed by atoms with van der Waals surface area (Å²) in [7, 11) is 0. The van der Waals surface area contributed by atoms with Crippen molar-refractivity contribution >= 4 is 11.9 Å². The third-order valence-electron chi connectivity index (χ3n) is 3.57. The number of amides is 1. The zero-order valence-corrected chi connectivity index (χ0v) is 13.2. The molecule has 1 aromatic carbocycles. The SMILES string of the molecule is CCN1CC(CC(=O)OC(C)(C)C)c2ccccc2C1=O. The molecule has 0 saturated heterocycles. The number of carbonyl (C=O) groups is 2. The van der Waals surface area contributed by atoms with Crippen molar-refractivity contribution in [1.82, 2.24) is 4.90 Å². The fourth-order valence-corrected chi connectivity index (χ4v) is 2.70. The molecule has 4 nitrogen and oxygen atoms in total. The van der Waals surface area contributed by atoms with Crippen LogP contribution in [0.4, 0.5) is 0 Å². The second kappa shape index (κ2) is 5.88. The molecule has 1 aliphatic heterocycles. The van der Waals surface area contributed by atoms with Crippen molar-refractivity contribution in [2.75, 3.05) is 13.1 Å². The van der Waals surface area contributed by atoms with Crippen LogP contribution in [0.2, 0.25) is 0 Å². The van der Waals surface area contributed by atoms with Crippen molar-refractivity contribution in [1.29, 1.82) is 0 Å². The monoisotopic (exact) mass is 289 g/mol. The molecule has 2 rings (SSSR count). The molecule has 0 radical (unpaired) electrons. The van der Waals surface area contributed by atoms with E-state index in [4.69, 9.17) is 4.74 Å². The first-order valence-electron chi connectivity index (χ1n) is 7.42. The van der Waals surface area contributed by atoms with Gasteiger partial charge in [0.25, 0.3) is 5.91 Å². The van der Waals surface area contributed by atoms with E-state index in [2.05, 4.69) is 0 Å². The van der Waals surface area contributed by atoms with Crippen molar-refractivity contribution in [3.05, 3.63) is 35.4 Å². The van der Waals surface area contributed by atoms with Gasteiger partial charge >= 0.3 is 5.97 Å². The lowest BCUT2D eigenvalue weighted by Crippen LogP contribution is -2.40. The molecule has 0 fully saturated rings. The highest BCUT2D eigenvalue weighted by atomic mass is 16.6. The van der Waals surface area contributed by atoms with Crippen molar-refractivity contribution < 1.29 is 14.3 Å². The second-order valence-corrected chi connectivity index (χ2v) is 6.42. The van der Waals surface area contributed by atoms with Gasteiger partial charge in [0, 0.05) is 24.6 Å². The van der Waals surface area contributed by atoms with E-state index in [1.165, 1.54) is 0 Å². The normalized spacial score (nSPS) is 18.4. The van der Waals surface area contributed by atoms with Crippen LogP contribution in [0, 0.1) is 0 Å². The lowest BCUT2D eigenvalue weighted by Gasteiger charge is -2.33. The van der Waals surface area contributed by atoms with E-state index < -0.39 is 5.60 Å². The van der Waals surface area contributed by atoms with Crippen LogP contribution in [0.25, 0.3) is 0 Å². The number of ether oxygens (including phenoxy) is 1. The van der Waals surface area contributed by atoms with Gasteiger partial charge in [-0.1, -0.05) is 18.2 Å². The quantitative estimate of drug-likeness (QED) is 0.804. The number of benzene rings is 1. The van der Waals surface area contributed by atoms with Crippen LogP contribution in [0.5, 0.6) is 0 Å². The first-order valence-corrected chi connectivity index (χ1v) is 7.42. The summed E-state index contributed by atoms with van der Waals surface area (Å²) < 4.78 is 5.41. The predicted octanol–water partition coefficient (Wildman–Crippen LogP) is 2.98. The van der Waals surface area contributed by atoms with Crippen LogP contribution in [-0.2, 0) is 9.53 Å². The van der Waals surface area contributed by atoms with E-state index in [-0.39, 0.29) is 17.8 Å². The minimum atomic E-state index is -0.481. The molecule has 0 N–H and O–H groups in total. The molecule has 0 spiro atoms. The number of esters is 1. The minimum Gasteiger partial charge on any atom is -0.460 e. The number of hydrogen-bond acceptors (Lipinski definition) is 3. The molecular formula is C17H23NO3. The topological polar surface area (TPSA) is 46.6 Å². The molecule has 114 valence electrons. The zero-order chi connectivity index (χ0) is 15.6. The molecule has 1 unspecified atom stereocenters. The van der Waals surface area contributed by atoms with Crippen LogP contribution in [0.1, 0.15) is 56.0 Å². The number of likely N-dealkylation sites (N-methyl/N-ethyl adjacent to an activating group) is 1. The van der Waals surface area contributed by atoms with Gasteiger partial charge in [-0.25, -0.2) is 0 Å². The van der Waals surface area contributed by atoms with E-state index in [9.17, 15) is 9.59 Å². The Morgan fingerprint density at radius 1 is 1.33 bits per heavy atom. The first kappa shape index (κ1) is 15.5. The maximum Gasteiger partial charge on any atom is 0.306 e. The Kier molecular flexibility index (Phi) is 4.35. The number of carbonyl (C=O) groups excluding carboxylic acids is 2. The Bertz CT molecular complexity index is 545. The summed E-state index contributed by atoms with van der Waals surface area (Å²) in [5.74, 6) is -0.157. The fraction of sp³-hybridized carbons (Fsp3) is 0.529. The summed E-state index contributed by atoms with van der Waals surface area (Å²) >= 11 is 0. The molecule has 21 heavy (non-hydrogen) atoms. The standard InChI is InChI=1S/C17H23NO3/c1-5-18-11-12(10-15(19)21-17(2,3)4)13-8-6-7-9-14(13)16(18)20/h6-9,12H,5,10-11H2,1-4H3. The van der Waals surface area contributed by atoms with Crippen LogP contribution in [0.3, 0.4) is 0 Å². The van der Waals surface area contributed by atoms with Gasteiger partial charge in [-0.05, 0) is 39.3 Å². The van der Waals surface area contributed by atoms with Gasteiger partial charge in [-0.3, -0.25) is 9.59 Å². The van der Waals surface area contributed by atoms with Crippen LogP contribution >= 0.6 is 0 Å². The van der Waals surface area contributed by atoms with E-state index >= 15 is 0 Å². The molecule has 1 aromatic rings. The summed E-state index contributed by atoms with van der Waals surface area (Å²) in [5.41, 5.74) is 1.18. The van der Waals surface area contributed by atoms with Gasteiger partial charge in [-0.15, -0.1) is 0 Å². The molecule has 4 heteroatoms. The highest BCUT2D eigenvalue weighted by Gasteiger charge is 2.32. The predicted molar refractivity (Wildman–Crippen MR) is 81.2 cm³/mol. The highest BCUT2D eigenvalue weighted by molar-refractivity contribution is 5.97. The highest BCUT2D eigenvalue weighted by Crippen LogP contribution is 2.31.